The molecular weight excluding hydrogens is 413 g/mol. The molecule has 0 radical (unpaired) electrons. The number of benzene rings is 1. The van der Waals surface area contributed by atoms with Gasteiger partial charge in [0.15, 0.2) is 0 Å². The molecular formula is C17H24BF3KN5O2. The number of amides is 1. The van der Waals surface area contributed by atoms with Crippen LogP contribution in [0.4, 0.5) is 23.4 Å². The number of carbonyl (C=O) groups excluding carboxylic acids is 1. The van der Waals surface area contributed by atoms with Gasteiger partial charge in [0.25, 0.3) is 0 Å². The molecule has 0 saturated carbocycles. The molecule has 1 aliphatic rings. The molecule has 1 aromatic carbocycles. The first-order chi connectivity index (χ1) is 12.9. The number of hydrogen-bond acceptors (Lipinski definition) is 4. The van der Waals surface area contributed by atoms with E-state index in [1.807, 2.05) is 4.90 Å². The Balaban J connectivity index is 0.00000420. The number of carbonyl (C=O) groups is 1. The minimum absolute atomic E-state index is 0. The van der Waals surface area contributed by atoms with E-state index >= 15 is 0 Å². The third-order valence-electron chi connectivity index (χ3n) is 4.47. The second-order valence-corrected chi connectivity index (χ2v) is 7.83. The van der Waals surface area contributed by atoms with Gasteiger partial charge in [-0.15, -0.1) is 5.46 Å². The molecule has 0 atom stereocenters. The molecule has 0 aromatic heterocycles. The Bertz CT molecular complexity index is 786. The van der Waals surface area contributed by atoms with E-state index in [1.165, 1.54) is 13.0 Å². The van der Waals surface area contributed by atoms with Crippen LogP contribution in [0.3, 0.4) is 0 Å². The third-order valence-corrected chi connectivity index (χ3v) is 4.47. The second-order valence-electron chi connectivity index (χ2n) is 7.83. The van der Waals surface area contributed by atoms with Crippen LogP contribution >= 0.6 is 0 Å². The molecule has 0 spiro atoms. The van der Waals surface area contributed by atoms with Crippen LogP contribution in [-0.4, -0.2) is 54.7 Å². The molecule has 0 aliphatic carbocycles. The first kappa shape index (κ1) is 26.3. The number of azide groups is 1. The summed E-state index contributed by atoms with van der Waals surface area (Å²) in [5.74, 6) is 0. The van der Waals surface area contributed by atoms with E-state index in [1.54, 1.807) is 25.7 Å². The Morgan fingerprint density at radius 2 is 1.83 bits per heavy atom. The first-order valence-electron chi connectivity index (χ1n) is 8.99. The molecule has 0 bridgehead atoms. The summed E-state index contributed by atoms with van der Waals surface area (Å²) in [6, 6.07) is 2.37. The Morgan fingerprint density at radius 3 is 2.31 bits per heavy atom. The minimum Gasteiger partial charge on any atom is -0.445 e. The summed E-state index contributed by atoms with van der Waals surface area (Å²) in [6.07, 6.45) is -0.393. The first-order valence-corrected chi connectivity index (χ1v) is 8.99. The van der Waals surface area contributed by atoms with Gasteiger partial charge >= 0.3 is 64.5 Å². The molecule has 1 heterocycles. The van der Waals surface area contributed by atoms with Crippen LogP contribution in [0.15, 0.2) is 17.2 Å². The molecule has 0 unspecified atom stereocenters. The van der Waals surface area contributed by atoms with Crippen molar-refractivity contribution in [3.05, 3.63) is 33.7 Å². The zero-order chi connectivity index (χ0) is 21.1. The summed E-state index contributed by atoms with van der Waals surface area (Å²) in [5.41, 5.74) is 7.80. The van der Waals surface area contributed by atoms with Crippen molar-refractivity contribution in [1.29, 1.82) is 0 Å². The van der Waals surface area contributed by atoms with Crippen molar-refractivity contribution in [2.75, 3.05) is 26.2 Å². The molecule has 2 rings (SSSR count). The van der Waals surface area contributed by atoms with Crippen molar-refractivity contribution >= 4 is 24.2 Å². The maximum Gasteiger partial charge on any atom is 1.00 e. The molecule has 7 nitrogen and oxygen atoms in total. The second kappa shape index (κ2) is 10.5. The van der Waals surface area contributed by atoms with Gasteiger partial charge in [0.2, 0.25) is 0 Å². The van der Waals surface area contributed by atoms with Crippen molar-refractivity contribution in [1.82, 2.24) is 9.80 Å². The monoisotopic (exact) mass is 437 g/mol. The Kier molecular flexibility index (Phi) is 9.54. The van der Waals surface area contributed by atoms with Gasteiger partial charge in [-0.25, -0.2) is 4.79 Å². The largest absolute Gasteiger partial charge is 1.00 e. The minimum atomic E-state index is -5.22. The number of hydrogen-bond donors (Lipinski definition) is 0. The Hall–Kier alpha value is -0.749. The van der Waals surface area contributed by atoms with Crippen molar-refractivity contribution in [3.8, 4) is 0 Å². The zero-order valence-electron chi connectivity index (χ0n) is 17.5. The summed E-state index contributed by atoms with van der Waals surface area (Å²) >= 11 is 0. The van der Waals surface area contributed by atoms with E-state index in [0.29, 0.717) is 31.7 Å². The van der Waals surface area contributed by atoms with Gasteiger partial charge in [-0.1, -0.05) is 16.7 Å². The van der Waals surface area contributed by atoms with Gasteiger partial charge in [0, 0.05) is 43.3 Å². The summed E-state index contributed by atoms with van der Waals surface area (Å²) < 4.78 is 45.4. The van der Waals surface area contributed by atoms with Crippen LogP contribution in [0.1, 0.15) is 31.9 Å². The fourth-order valence-electron chi connectivity index (χ4n) is 3.05. The maximum atomic E-state index is 13.4. The summed E-state index contributed by atoms with van der Waals surface area (Å²) in [5, 5.41) is 3.35. The van der Waals surface area contributed by atoms with E-state index in [9.17, 15) is 17.7 Å². The summed E-state index contributed by atoms with van der Waals surface area (Å²) in [7, 11) is 0. The maximum absolute atomic E-state index is 13.4. The number of rotatable bonds is 4. The smallest absolute Gasteiger partial charge is 0.445 e. The van der Waals surface area contributed by atoms with Crippen molar-refractivity contribution in [2.24, 2.45) is 5.11 Å². The van der Waals surface area contributed by atoms with Gasteiger partial charge in [-0.2, -0.15) is 0 Å². The van der Waals surface area contributed by atoms with E-state index in [2.05, 4.69) is 10.0 Å². The van der Waals surface area contributed by atoms with Gasteiger partial charge < -0.3 is 22.6 Å². The van der Waals surface area contributed by atoms with E-state index in [0.717, 1.165) is 6.07 Å². The van der Waals surface area contributed by atoms with Crippen molar-refractivity contribution in [2.45, 2.75) is 39.8 Å². The predicted octanol–water partition coefficient (Wildman–Crippen LogP) is 1.05. The standard InChI is InChI=1S/C17H24BF3N5O2.K/c1-12-13(9-14(23-24-22)10-15(12)18(19,20)21)11-25-5-7-26(8-6-25)16(27)28-17(2,3)4;/h9-10H,5-8,11H2,1-4H3;/q-1;+1. The van der Waals surface area contributed by atoms with E-state index in [-0.39, 0.29) is 69.2 Å². The number of nitrogens with zero attached hydrogens (tertiary/aromatic N) is 5. The summed E-state index contributed by atoms with van der Waals surface area (Å²) in [6.45, 7) is 3.75. The van der Waals surface area contributed by atoms with Crippen molar-refractivity contribution in [3.63, 3.8) is 0 Å². The van der Waals surface area contributed by atoms with Crippen LogP contribution in [0.5, 0.6) is 0 Å². The third kappa shape index (κ3) is 7.78. The molecule has 29 heavy (non-hydrogen) atoms. The summed E-state index contributed by atoms with van der Waals surface area (Å²) in [4.78, 5) is 18.3. The quantitative estimate of drug-likeness (QED) is 0.306. The molecule has 12 heteroatoms. The van der Waals surface area contributed by atoms with Gasteiger partial charge in [-0.3, -0.25) is 4.90 Å². The van der Waals surface area contributed by atoms with Crippen LogP contribution in [0.25, 0.3) is 10.4 Å². The molecule has 1 aromatic rings. The van der Waals surface area contributed by atoms with Crippen LogP contribution in [0.2, 0.25) is 0 Å². The Labute approximate surface area is 211 Å². The molecule has 1 amide bonds. The predicted molar refractivity (Wildman–Crippen MR) is 102 cm³/mol. The Morgan fingerprint density at radius 1 is 1.24 bits per heavy atom. The van der Waals surface area contributed by atoms with Gasteiger partial charge in [-0.05, 0) is 44.9 Å². The number of ether oxygens (including phenoxy) is 1. The van der Waals surface area contributed by atoms with Crippen LogP contribution in [0, 0.1) is 6.92 Å². The average molecular weight is 437 g/mol. The molecule has 154 valence electrons. The van der Waals surface area contributed by atoms with Crippen LogP contribution in [-0.2, 0) is 11.3 Å². The van der Waals surface area contributed by atoms with Crippen LogP contribution < -0.4 is 56.8 Å². The normalized spacial score (nSPS) is 15.3. The zero-order valence-corrected chi connectivity index (χ0v) is 20.6. The van der Waals surface area contributed by atoms with Gasteiger partial charge in [0.05, 0.1) is 0 Å². The number of halogens is 3. The van der Waals surface area contributed by atoms with Crippen molar-refractivity contribution < 1.29 is 73.9 Å². The fraction of sp³-hybridized carbons (Fsp3) is 0.588. The van der Waals surface area contributed by atoms with Gasteiger partial charge in [0.1, 0.15) is 5.60 Å². The molecule has 1 fully saturated rings. The molecule has 1 saturated heterocycles. The molecule has 1 aliphatic heterocycles. The SMILES string of the molecule is Cc1c(CN2CCN(C(=O)OC(C)(C)C)CC2)cc(N=[N+]=[N-])cc1[B-](F)(F)F.[K+]. The number of piperazine rings is 1. The van der Waals surface area contributed by atoms with E-state index < -0.39 is 24.1 Å². The topological polar surface area (TPSA) is 81.5 Å². The molecule has 0 N–H and O–H groups in total. The fourth-order valence-corrected chi connectivity index (χ4v) is 3.05. The van der Waals surface area contributed by atoms with E-state index in [4.69, 9.17) is 10.3 Å². The average Bonchev–Trinajstić information content (AvgIpc) is 2.56.